The van der Waals surface area contributed by atoms with Crippen LogP contribution >= 0.6 is 27.5 Å². The molecule has 9 heteroatoms. The topological polar surface area (TPSA) is 80.8 Å². The van der Waals surface area contributed by atoms with Crippen LogP contribution in [0.2, 0.25) is 5.02 Å². The highest BCUT2D eigenvalue weighted by Gasteiger charge is 2.51. The molecule has 3 heterocycles. The lowest BCUT2D eigenvalue weighted by atomic mass is 10.0. The fourth-order valence-electron chi connectivity index (χ4n) is 4.18. The highest BCUT2D eigenvalue weighted by atomic mass is 79.9. The predicted molar refractivity (Wildman–Crippen MR) is 123 cm³/mol. The quantitative estimate of drug-likeness (QED) is 0.642. The number of pyridine rings is 1. The maximum absolute atomic E-state index is 13.5. The summed E-state index contributed by atoms with van der Waals surface area (Å²) in [4.78, 5) is 32.5. The first kappa shape index (κ1) is 23.2. The molecule has 7 nitrogen and oxygen atoms in total. The van der Waals surface area contributed by atoms with E-state index in [4.69, 9.17) is 21.1 Å². The second-order valence-corrected chi connectivity index (χ2v) is 9.76. The van der Waals surface area contributed by atoms with Crippen LogP contribution in [0.25, 0.3) is 0 Å². The molecule has 2 aliphatic heterocycles. The van der Waals surface area contributed by atoms with Crippen molar-refractivity contribution in [1.29, 1.82) is 0 Å². The van der Waals surface area contributed by atoms with Crippen LogP contribution in [0.1, 0.15) is 44.0 Å². The highest BCUT2D eigenvalue weighted by Crippen LogP contribution is 2.37. The smallest absolute Gasteiger partial charge is 0.255 e. The normalized spacial score (nSPS) is 24.5. The molecule has 2 amide bonds. The van der Waals surface area contributed by atoms with E-state index in [2.05, 4.69) is 26.2 Å². The van der Waals surface area contributed by atoms with Crippen molar-refractivity contribution in [2.45, 2.75) is 57.3 Å². The molecular weight excluding hydrogens is 498 g/mol. The Balaban J connectivity index is 1.49. The molecule has 170 valence electrons. The minimum atomic E-state index is -1.05. The van der Waals surface area contributed by atoms with Gasteiger partial charge >= 0.3 is 0 Å². The lowest BCUT2D eigenvalue weighted by molar-refractivity contribution is -0.163. The Morgan fingerprint density at radius 3 is 2.75 bits per heavy atom. The standard InChI is InChI=1S/C23H25BrClN3O4/c1-23(2)31-19(21(29)27-13-17-9-8-15(24)12-26-17)20(32-23)22(30)28-10-4-7-18(28)14-5-3-6-16(25)11-14/h3,5-6,8-9,11-12,18-20H,4,7,10,13H2,1-2H3,(H,27,29)/t18?,19-,20-/m1/s1. The van der Waals surface area contributed by atoms with Gasteiger partial charge in [0, 0.05) is 22.2 Å². The molecule has 32 heavy (non-hydrogen) atoms. The van der Waals surface area contributed by atoms with Crippen molar-refractivity contribution in [1.82, 2.24) is 15.2 Å². The molecule has 4 rings (SSSR count). The molecule has 0 bridgehead atoms. The van der Waals surface area contributed by atoms with Gasteiger partial charge in [0.15, 0.2) is 18.0 Å². The van der Waals surface area contributed by atoms with E-state index in [9.17, 15) is 9.59 Å². The van der Waals surface area contributed by atoms with E-state index in [1.807, 2.05) is 36.4 Å². The summed E-state index contributed by atoms with van der Waals surface area (Å²) >= 11 is 9.50. The lowest BCUT2D eigenvalue weighted by Gasteiger charge is -2.28. The minimum absolute atomic E-state index is 0.107. The molecule has 0 aliphatic carbocycles. The third kappa shape index (κ3) is 5.14. The van der Waals surface area contributed by atoms with Crippen molar-refractivity contribution in [2.24, 2.45) is 0 Å². The first-order chi connectivity index (χ1) is 15.2. The van der Waals surface area contributed by atoms with Gasteiger partial charge in [-0.3, -0.25) is 14.6 Å². The van der Waals surface area contributed by atoms with Gasteiger partial charge in [0.05, 0.1) is 18.3 Å². The number of nitrogens with zero attached hydrogens (tertiary/aromatic N) is 2. The number of aromatic nitrogens is 1. The van der Waals surface area contributed by atoms with Crippen LogP contribution in [0.4, 0.5) is 0 Å². The molecule has 1 unspecified atom stereocenters. The number of carbonyl (C=O) groups excluding carboxylic acids is 2. The largest absolute Gasteiger partial charge is 0.348 e. The van der Waals surface area contributed by atoms with Gasteiger partial charge in [0.25, 0.3) is 11.8 Å². The predicted octanol–water partition coefficient (Wildman–Crippen LogP) is 4.00. The second-order valence-electron chi connectivity index (χ2n) is 8.41. The summed E-state index contributed by atoms with van der Waals surface area (Å²) in [6.45, 7) is 4.22. The molecule has 1 N–H and O–H groups in total. The van der Waals surface area contributed by atoms with Crippen LogP contribution in [0, 0.1) is 0 Å². The first-order valence-corrected chi connectivity index (χ1v) is 11.7. The van der Waals surface area contributed by atoms with Gasteiger partial charge in [-0.05, 0) is 72.4 Å². The Bertz CT molecular complexity index is 1000. The molecule has 0 saturated carbocycles. The third-order valence-electron chi connectivity index (χ3n) is 5.60. The van der Waals surface area contributed by atoms with Crippen LogP contribution in [-0.4, -0.2) is 46.2 Å². The van der Waals surface area contributed by atoms with Crippen molar-refractivity contribution in [3.63, 3.8) is 0 Å². The number of nitrogens with one attached hydrogen (secondary N) is 1. The van der Waals surface area contributed by atoms with Gasteiger partial charge in [0.1, 0.15) is 0 Å². The summed E-state index contributed by atoms with van der Waals surface area (Å²) < 4.78 is 12.6. The summed E-state index contributed by atoms with van der Waals surface area (Å²) in [7, 11) is 0. The van der Waals surface area contributed by atoms with Crippen molar-refractivity contribution in [3.05, 3.63) is 63.3 Å². The maximum atomic E-state index is 13.5. The average Bonchev–Trinajstić information content (AvgIpc) is 3.37. The van der Waals surface area contributed by atoms with E-state index in [1.165, 1.54) is 0 Å². The van der Waals surface area contributed by atoms with Crippen LogP contribution < -0.4 is 5.32 Å². The summed E-state index contributed by atoms with van der Waals surface area (Å²) in [5.41, 5.74) is 1.67. The number of hydrogen-bond acceptors (Lipinski definition) is 5. The summed E-state index contributed by atoms with van der Waals surface area (Å²) in [6, 6.07) is 11.1. The fourth-order valence-corrected chi connectivity index (χ4v) is 4.61. The van der Waals surface area contributed by atoms with Gasteiger partial charge in [-0.2, -0.15) is 0 Å². The molecule has 2 aliphatic rings. The number of benzene rings is 1. The van der Waals surface area contributed by atoms with Crippen molar-refractivity contribution < 1.29 is 19.1 Å². The van der Waals surface area contributed by atoms with Gasteiger partial charge < -0.3 is 19.7 Å². The molecule has 1 aromatic heterocycles. The zero-order chi connectivity index (χ0) is 22.9. The Morgan fingerprint density at radius 2 is 2.03 bits per heavy atom. The minimum Gasteiger partial charge on any atom is -0.348 e. The van der Waals surface area contributed by atoms with E-state index >= 15 is 0 Å². The first-order valence-electron chi connectivity index (χ1n) is 10.5. The number of ether oxygens (including phenoxy) is 2. The molecule has 0 spiro atoms. The van der Waals surface area contributed by atoms with Crippen LogP contribution in [0.15, 0.2) is 47.1 Å². The number of rotatable bonds is 5. The van der Waals surface area contributed by atoms with Gasteiger partial charge in [-0.15, -0.1) is 0 Å². The van der Waals surface area contributed by atoms with Gasteiger partial charge in [0.2, 0.25) is 0 Å². The Kier molecular flexibility index (Phi) is 6.86. The van der Waals surface area contributed by atoms with Gasteiger partial charge in [-0.1, -0.05) is 23.7 Å². The average molecular weight is 523 g/mol. The maximum Gasteiger partial charge on any atom is 0.255 e. The summed E-state index contributed by atoms with van der Waals surface area (Å²) in [5.74, 6) is -1.71. The highest BCUT2D eigenvalue weighted by molar-refractivity contribution is 9.10. The SMILES string of the molecule is CC1(C)O[C@@H](C(=O)NCc2ccc(Br)cn2)[C@H](C(=O)N2CCCC2c2cccc(Cl)c2)O1. The molecule has 1 aromatic carbocycles. The number of carbonyl (C=O) groups is 2. The van der Waals surface area contributed by atoms with E-state index < -0.39 is 23.9 Å². The summed E-state index contributed by atoms with van der Waals surface area (Å²) in [6.07, 6.45) is 1.28. The summed E-state index contributed by atoms with van der Waals surface area (Å²) in [5, 5.41) is 3.44. The molecule has 0 radical (unpaired) electrons. The van der Waals surface area contributed by atoms with E-state index in [-0.39, 0.29) is 18.5 Å². The van der Waals surface area contributed by atoms with Crippen molar-refractivity contribution in [3.8, 4) is 0 Å². The molecule has 3 atom stereocenters. The van der Waals surface area contributed by atoms with Crippen LogP contribution in [0.3, 0.4) is 0 Å². The number of amides is 2. The monoisotopic (exact) mass is 521 g/mol. The van der Waals surface area contributed by atoms with Gasteiger partial charge in [-0.25, -0.2) is 0 Å². The number of likely N-dealkylation sites (tertiary alicyclic amines) is 1. The Morgan fingerprint density at radius 1 is 1.25 bits per heavy atom. The molecule has 2 saturated heterocycles. The molecule has 2 fully saturated rings. The molecule has 2 aromatic rings. The number of halogens is 2. The number of hydrogen-bond donors (Lipinski definition) is 1. The molecular formula is C23H25BrClN3O4. The third-order valence-corrected chi connectivity index (χ3v) is 6.30. The second kappa shape index (κ2) is 9.47. The van der Waals surface area contributed by atoms with Crippen molar-refractivity contribution >= 4 is 39.3 Å². The van der Waals surface area contributed by atoms with Crippen molar-refractivity contribution in [2.75, 3.05) is 6.54 Å². The van der Waals surface area contributed by atoms with E-state index in [0.717, 1.165) is 22.9 Å². The zero-order valence-electron chi connectivity index (χ0n) is 17.9. The van der Waals surface area contributed by atoms with E-state index in [1.54, 1.807) is 24.9 Å². The van der Waals surface area contributed by atoms with Crippen LogP contribution in [-0.2, 0) is 25.6 Å². The Labute approximate surface area is 200 Å². The lowest BCUT2D eigenvalue weighted by Crippen LogP contribution is -2.49. The zero-order valence-corrected chi connectivity index (χ0v) is 20.2. The van der Waals surface area contributed by atoms with Crippen LogP contribution in [0.5, 0.6) is 0 Å². The van der Waals surface area contributed by atoms with E-state index in [0.29, 0.717) is 17.3 Å². The Hall–Kier alpha value is -2.00. The fraction of sp³-hybridized carbons (Fsp3) is 0.435.